The zero-order valence-corrected chi connectivity index (χ0v) is 39.1. The van der Waals surface area contributed by atoms with Crippen LogP contribution in [0.2, 0.25) is 5.02 Å². The Morgan fingerprint density at radius 3 is 1.41 bits per heavy atom. The van der Waals surface area contributed by atoms with Crippen molar-refractivity contribution >= 4 is 46.9 Å². The highest BCUT2D eigenvalue weighted by molar-refractivity contribution is 8.00. The summed E-state index contributed by atoms with van der Waals surface area (Å²) in [5, 5.41) is 10.6. The van der Waals surface area contributed by atoms with Gasteiger partial charge in [0.25, 0.3) is 0 Å². The van der Waals surface area contributed by atoms with Crippen molar-refractivity contribution in [2.45, 2.75) is 85.7 Å². The molecule has 4 nitrogen and oxygen atoms in total. The molecule has 3 aliphatic rings. The molecule has 0 spiro atoms. The summed E-state index contributed by atoms with van der Waals surface area (Å²) in [6, 6.07) is 37.9. The summed E-state index contributed by atoms with van der Waals surface area (Å²) >= 11 is 10.8. The van der Waals surface area contributed by atoms with E-state index >= 15 is 0 Å². The monoisotopic (exact) mass is 943 g/mol. The van der Waals surface area contributed by atoms with E-state index in [1.165, 1.54) is 74.6 Å². The second-order valence-electron chi connectivity index (χ2n) is 16.0. The summed E-state index contributed by atoms with van der Waals surface area (Å²) in [6.45, 7) is 6.30. The van der Waals surface area contributed by atoms with Crippen molar-refractivity contribution < 1.29 is 22.3 Å². The lowest BCUT2D eigenvalue weighted by Gasteiger charge is -2.25. The van der Waals surface area contributed by atoms with Crippen molar-refractivity contribution in [1.29, 1.82) is 0 Å². The van der Waals surface area contributed by atoms with Gasteiger partial charge < -0.3 is 20.7 Å². The Kier molecular flexibility index (Phi) is 18.4. The molecular weight excluding hydrogens is 890 g/mol. The van der Waals surface area contributed by atoms with Crippen LogP contribution in [-0.4, -0.2) is 46.4 Å². The second-order valence-corrected chi connectivity index (χ2v) is 19.7. The van der Waals surface area contributed by atoms with Crippen LogP contribution in [0.1, 0.15) is 73.0 Å². The van der Waals surface area contributed by atoms with Gasteiger partial charge in [0, 0.05) is 35.4 Å². The van der Waals surface area contributed by atoms with Crippen LogP contribution in [0.25, 0.3) is 0 Å². The van der Waals surface area contributed by atoms with E-state index in [2.05, 4.69) is 52.3 Å². The lowest BCUT2D eigenvalue weighted by Crippen LogP contribution is -2.26. The summed E-state index contributed by atoms with van der Waals surface area (Å²) in [7, 11) is 1.70. The minimum Gasteiger partial charge on any atom is -0.497 e. The molecular formula is C52H54ClF4N3OS3. The third kappa shape index (κ3) is 13.8. The first-order chi connectivity index (χ1) is 31.2. The number of hydrogen-bond donors (Lipinski definition) is 3. The number of hydrogen-bond acceptors (Lipinski definition) is 7. The first-order valence-corrected chi connectivity index (χ1v) is 24.7. The summed E-state index contributed by atoms with van der Waals surface area (Å²) < 4.78 is 58.4. The van der Waals surface area contributed by atoms with Gasteiger partial charge >= 0.3 is 0 Å². The molecule has 0 radical (unpaired) electrons. The highest BCUT2D eigenvalue weighted by Gasteiger charge is 2.22. The van der Waals surface area contributed by atoms with Crippen molar-refractivity contribution in [1.82, 2.24) is 16.0 Å². The van der Waals surface area contributed by atoms with Crippen molar-refractivity contribution in [3.8, 4) is 5.75 Å². The summed E-state index contributed by atoms with van der Waals surface area (Å²) in [5.41, 5.74) is 3.99. The molecule has 3 saturated heterocycles. The van der Waals surface area contributed by atoms with Gasteiger partial charge in [0.05, 0.1) is 12.1 Å². The fraction of sp³-hybridized carbons (Fsp3) is 0.308. The maximum atomic E-state index is 13.8. The molecule has 0 amide bonds. The average Bonchev–Trinajstić information content (AvgIpc) is 3.33. The maximum Gasteiger partial charge on any atom is 0.140 e. The van der Waals surface area contributed by atoms with E-state index in [1.54, 1.807) is 36.7 Å². The summed E-state index contributed by atoms with van der Waals surface area (Å²) in [5.74, 6) is 1.03. The minimum atomic E-state index is -0.538. The molecule has 0 saturated carbocycles. The standard InChI is InChI=1S/C18H20FNOS.C17H17ClFNS.C17H17F2NS/c1-21-15-4-7-18(22-16-5-2-14(19)3-6-16)17(12-15)13-8-10-20-11-9-13;18-15-11-13(19)5-6-17(15)21-16-4-2-1-3-14(16)12-7-9-20-10-8-12;18-13-5-6-17(15(19)11-13)21-16-4-2-1-3-14(16)12-7-9-20-10-8-12/h2-7,12-13,20H,8-11H2,1H3;2*1-6,11-12,20H,7-10H2. The zero-order valence-electron chi connectivity index (χ0n) is 35.9. The highest BCUT2D eigenvalue weighted by atomic mass is 35.5. The van der Waals surface area contributed by atoms with Gasteiger partial charge in [-0.05, 0) is 197 Å². The number of halogens is 5. The van der Waals surface area contributed by atoms with Crippen molar-refractivity contribution in [2.24, 2.45) is 0 Å². The zero-order chi connectivity index (χ0) is 44.7. The van der Waals surface area contributed by atoms with Gasteiger partial charge in [0.15, 0.2) is 0 Å². The molecule has 0 aliphatic carbocycles. The van der Waals surface area contributed by atoms with Crippen LogP contribution in [0.3, 0.4) is 0 Å². The fourth-order valence-electron chi connectivity index (χ4n) is 8.27. The first kappa shape index (κ1) is 48.0. The second kappa shape index (κ2) is 24.5. The Morgan fingerprint density at radius 1 is 0.453 bits per heavy atom. The molecule has 9 rings (SSSR count). The van der Waals surface area contributed by atoms with E-state index in [-0.39, 0.29) is 11.6 Å². The number of piperidine rings is 3. The van der Waals surface area contributed by atoms with Gasteiger partial charge in [-0.3, -0.25) is 0 Å². The molecule has 64 heavy (non-hydrogen) atoms. The van der Waals surface area contributed by atoms with E-state index in [1.807, 2.05) is 42.5 Å². The third-order valence-electron chi connectivity index (χ3n) is 11.7. The highest BCUT2D eigenvalue weighted by Crippen LogP contribution is 2.42. The lowest BCUT2D eigenvalue weighted by atomic mass is 9.90. The molecule has 12 heteroatoms. The van der Waals surface area contributed by atoms with Gasteiger partial charge in [-0.1, -0.05) is 83.3 Å². The Hall–Kier alpha value is -3.94. The molecule has 3 N–H and O–H groups in total. The number of nitrogens with one attached hydrogen (secondary N) is 3. The number of methoxy groups -OCH3 is 1. The van der Waals surface area contributed by atoms with Crippen molar-refractivity contribution in [2.75, 3.05) is 46.4 Å². The molecule has 3 aliphatic heterocycles. The maximum absolute atomic E-state index is 13.8. The van der Waals surface area contributed by atoms with Crippen LogP contribution in [-0.2, 0) is 0 Å². The van der Waals surface area contributed by atoms with E-state index in [9.17, 15) is 17.6 Å². The Morgan fingerprint density at radius 2 is 0.891 bits per heavy atom. The predicted molar refractivity (Wildman–Crippen MR) is 257 cm³/mol. The normalized spacial score (nSPS) is 16.0. The molecule has 0 aromatic heterocycles. The number of rotatable bonds is 10. The quantitative estimate of drug-likeness (QED) is 0.118. The Bertz CT molecular complexity index is 2300. The van der Waals surface area contributed by atoms with Gasteiger partial charge in [-0.2, -0.15) is 0 Å². The van der Waals surface area contributed by atoms with Gasteiger partial charge in [-0.15, -0.1) is 0 Å². The van der Waals surface area contributed by atoms with E-state index < -0.39 is 11.6 Å². The van der Waals surface area contributed by atoms with Crippen LogP contribution in [0.15, 0.2) is 157 Å². The van der Waals surface area contributed by atoms with Crippen LogP contribution in [0, 0.1) is 23.3 Å². The minimum absolute atomic E-state index is 0.197. The number of ether oxygens (including phenoxy) is 1. The molecule has 0 atom stereocenters. The van der Waals surface area contributed by atoms with Gasteiger partial charge in [0.2, 0.25) is 0 Å². The molecule has 3 heterocycles. The van der Waals surface area contributed by atoms with Crippen LogP contribution < -0.4 is 20.7 Å². The Balaban J connectivity index is 0.000000144. The molecule has 0 unspecified atom stereocenters. The molecule has 6 aromatic carbocycles. The van der Waals surface area contributed by atoms with E-state index in [0.717, 1.165) is 104 Å². The van der Waals surface area contributed by atoms with Crippen LogP contribution in [0.5, 0.6) is 5.75 Å². The molecule has 6 aromatic rings. The number of benzene rings is 6. The molecule has 0 bridgehead atoms. The Labute approximate surface area is 393 Å². The average molecular weight is 945 g/mol. The SMILES string of the molecule is COc1ccc(Sc2ccc(F)cc2)c(C2CCNCC2)c1.Fc1ccc(Sc2ccccc2C2CCNCC2)c(Cl)c1.Fc1ccc(Sc2ccccc2C2CCNCC2)c(F)c1. The van der Waals surface area contributed by atoms with Gasteiger partial charge in [0.1, 0.15) is 29.0 Å². The van der Waals surface area contributed by atoms with E-state index in [4.69, 9.17) is 16.3 Å². The smallest absolute Gasteiger partial charge is 0.140 e. The molecule has 336 valence electrons. The van der Waals surface area contributed by atoms with Crippen molar-refractivity contribution in [3.05, 3.63) is 172 Å². The largest absolute Gasteiger partial charge is 0.497 e. The molecule has 3 fully saturated rings. The van der Waals surface area contributed by atoms with Crippen LogP contribution >= 0.6 is 46.9 Å². The topological polar surface area (TPSA) is 45.3 Å². The lowest BCUT2D eigenvalue weighted by molar-refractivity contribution is 0.410. The summed E-state index contributed by atoms with van der Waals surface area (Å²) in [4.78, 5) is 5.95. The van der Waals surface area contributed by atoms with E-state index in [0.29, 0.717) is 27.7 Å². The van der Waals surface area contributed by atoms with Gasteiger partial charge in [-0.25, -0.2) is 17.6 Å². The third-order valence-corrected chi connectivity index (χ3v) is 15.5. The first-order valence-electron chi connectivity index (χ1n) is 21.9. The predicted octanol–water partition coefficient (Wildman–Crippen LogP) is 14.1. The summed E-state index contributed by atoms with van der Waals surface area (Å²) in [6.07, 6.45) is 6.81. The van der Waals surface area contributed by atoms with Crippen LogP contribution in [0.4, 0.5) is 17.6 Å². The fourth-order valence-corrected chi connectivity index (χ4v) is 11.6. The van der Waals surface area contributed by atoms with Crippen molar-refractivity contribution in [3.63, 3.8) is 0 Å².